The molecule has 1 N–H and O–H groups in total. The number of nitrogens with zero attached hydrogens (tertiary/aromatic N) is 4. The minimum Gasteiger partial charge on any atom is -0.441 e. The minimum atomic E-state index is -0.159. The maximum absolute atomic E-state index is 12.9. The van der Waals surface area contributed by atoms with Crippen LogP contribution in [0.5, 0.6) is 0 Å². The Labute approximate surface area is 167 Å². The van der Waals surface area contributed by atoms with Crippen LogP contribution in [0.15, 0.2) is 35.0 Å². The molecule has 2 aliphatic heterocycles. The third kappa shape index (κ3) is 3.08. The van der Waals surface area contributed by atoms with E-state index in [1.807, 2.05) is 24.2 Å². The van der Waals surface area contributed by atoms with Gasteiger partial charge in [0.15, 0.2) is 11.5 Å². The molecular weight excluding hydrogens is 370 g/mol. The van der Waals surface area contributed by atoms with Gasteiger partial charge in [0.05, 0.1) is 23.8 Å². The normalized spacial score (nSPS) is 22.7. The molecule has 8 nitrogen and oxygen atoms in total. The van der Waals surface area contributed by atoms with Gasteiger partial charge in [-0.25, -0.2) is 4.98 Å². The predicted octanol–water partition coefficient (Wildman–Crippen LogP) is 1.83. The maximum Gasteiger partial charge on any atom is 0.253 e. The number of carbonyl (C=O) groups is 2. The van der Waals surface area contributed by atoms with Gasteiger partial charge in [-0.05, 0) is 30.5 Å². The topological polar surface area (TPSA) is 93.3 Å². The molecule has 0 unspecified atom stereocenters. The van der Waals surface area contributed by atoms with Gasteiger partial charge in [-0.1, -0.05) is 6.07 Å². The highest BCUT2D eigenvalue weighted by atomic mass is 16.3. The van der Waals surface area contributed by atoms with E-state index in [9.17, 15) is 9.59 Å². The first kappa shape index (κ1) is 17.9. The van der Waals surface area contributed by atoms with E-state index in [0.29, 0.717) is 41.3 Å². The summed E-state index contributed by atoms with van der Waals surface area (Å²) in [5.74, 6) is 0.847. The second kappa shape index (κ2) is 6.72. The van der Waals surface area contributed by atoms with Crippen LogP contribution in [0.3, 0.4) is 0 Å². The van der Waals surface area contributed by atoms with E-state index in [1.54, 1.807) is 29.9 Å². The number of amides is 2. The molecule has 2 amide bonds. The molecule has 3 atom stereocenters. The Balaban J connectivity index is 1.23. The Hall–Kier alpha value is -3.16. The summed E-state index contributed by atoms with van der Waals surface area (Å²) in [6, 6.07) is 5.46. The molecule has 3 aliphatic rings. The molecule has 6 rings (SSSR count). The number of para-hydroxylation sites is 1. The molecule has 1 saturated carbocycles. The van der Waals surface area contributed by atoms with Gasteiger partial charge in [-0.15, -0.1) is 0 Å². The standard InChI is InChI=1S/C21H23N5O3/c1-12-23-20-15(4-3-5-17(20)29-12)21(28)24-19-14-8-16(19)26(11-14)18(27)7-6-13-9-22-25(2)10-13/h3-5,9-10,14,16,19H,6-8,11H2,1-2H3,(H,24,28)/t14-,16-,19+/m0/s1. The number of hydrogen-bond acceptors (Lipinski definition) is 5. The average molecular weight is 393 g/mol. The van der Waals surface area contributed by atoms with Crippen LogP contribution in [-0.2, 0) is 18.3 Å². The third-order valence-corrected chi connectivity index (χ3v) is 6.07. The van der Waals surface area contributed by atoms with E-state index in [0.717, 1.165) is 18.5 Å². The first-order chi connectivity index (χ1) is 14.0. The summed E-state index contributed by atoms with van der Waals surface area (Å²) >= 11 is 0. The number of hydrogen-bond donors (Lipinski definition) is 1. The number of oxazole rings is 1. The number of aromatic nitrogens is 3. The summed E-state index contributed by atoms with van der Waals surface area (Å²) < 4.78 is 7.27. The second-order valence-electron chi connectivity index (χ2n) is 8.02. The fourth-order valence-electron chi connectivity index (χ4n) is 4.59. The van der Waals surface area contributed by atoms with Crippen molar-refractivity contribution in [2.45, 2.75) is 38.3 Å². The van der Waals surface area contributed by atoms with Crippen LogP contribution in [0.2, 0.25) is 0 Å². The Bertz CT molecular complexity index is 1100. The smallest absolute Gasteiger partial charge is 0.253 e. The van der Waals surface area contributed by atoms with Gasteiger partial charge in [0.1, 0.15) is 5.52 Å². The van der Waals surface area contributed by atoms with Crippen LogP contribution in [0.4, 0.5) is 0 Å². The van der Waals surface area contributed by atoms with Crippen molar-refractivity contribution in [3.63, 3.8) is 0 Å². The Morgan fingerprint density at radius 3 is 3.00 bits per heavy atom. The molecular formula is C21H23N5O3. The highest BCUT2D eigenvalue weighted by Gasteiger charge is 2.54. The van der Waals surface area contributed by atoms with Gasteiger partial charge in [0.25, 0.3) is 5.91 Å². The van der Waals surface area contributed by atoms with Crippen molar-refractivity contribution in [3.8, 4) is 0 Å². The minimum absolute atomic E-state index is 0.00750. The Morgan fingerprint density at radius 1 is 1.34 bits per heavy atom. The van der Waals surface area contributed by atoms with Crippen LogP contribution in [0, 0.1) is 12.8 Å². The lowest BCUT2D eigenvalue weighted by molar-refractivity contribution is -0.131. The van der Waals surface area contributed by atoms with Crippen LogP contribution in [0.1, 0.15) is 34.7 Å². The third-order valence-electron chi connectivity index (χ3n) is 6.07. The zero-order valence-electron chi connectivity index (χ0n) is 16.5. The van der Waals surface area contributed by atoms with Gasteiger partial charge in [-0.3, -0.25) is 14.3 Å². The molecule has 150 valence electrons. The molecule has 4 heterocycles. The summed E-state index contributed by atoms with van der Waals surface area (Å²) in [5, 5.41) is 7.27. The number of aryl methyl sites for hydroxylation is 3. The van der Waals surface area contributed by atoms with Gasteiger partial charge in [-0.2, -0.15) is 5.10 Å². The van der Waals surface area contributed by atoms with Crippen molar-refractivity contribution >= 4 is 22.9 Å². The molecule has 3 fully saturated rings. The monoisotopic (exact) mass is 393 g/mol. The summed E-state index contributed by atoms with van der Waals surface area (Å²) in [6.45, 7) is 2.48. The SMILES string of the molecule is Cc1nc2c(C(=O)N[C@@H]3[C@H]4C[C@@H]3N(C(=O)CCc3cnn(C)c3)C4)cccc2o1. The van der Waals surface area contributed by atoms with E-state index in [-0.39, 0.29) is 23.9 Å². The van der Waals surface area contributed by atoms with E-state index in [4.69, 9.17) is 4.42 Å². The van der Waals surface area contributed by atoms with E-state index >= 15 is 0 Å². The maximum atomic E-state index is 12.9. The molecule has 29 heavy (non-hydrogen) atoms. The number of carbonyl (C=O) groups excluding carboxylic acids is 2. The fraction of sp³-hybridized carbons (Fsp3) is 0.429. The van der Waals surface area contributed by atoms with Crippen molar-refractivity contribution in [1.82, 2.24) is 25.0 Å². The van der Waals surface area contributed by atoms with Crippen LogP contribution in [0.25, 0.3) is 11.1 Å². The van der Waals surface area contributed by atoms with Crippen molar-refractivity contribution in [2.24, 2.45) is 13.0 Å². The van der Waals surface area contributed by atoms with Crippen molar-refractivity contribution in [1.29, 1.82) is 0 Å². The molecule has 0 radical (unpaired) electrons. The number of fused-ring (bicyclic) bond motifs is 2. The highest BCUT2D eigenvalue weighted by molar-refractivity contribution is 6.04. The molecule has 8 heteroatoms. The average Bonchev–Trinajstić information content (AvgIpc) is 3.45. The summed E-state index contributed by atoms with van der Waals surface area (Å²) in [6.07, 6.45) is 5.84. The molecule has 1 aliphatic carbocycles. The predicted molar refractivity (Wildman–Crippen MR) is 105 cm³/mol. The molecule has 0 spiro atoms. The quantitative estimate of drug-likeness (QED) is 0.714. The number of benzene rings is 1. The van der Waals surface area contributed by atoms with E-state index in [2.05, 4.69) is 15.4 Å². The lowest BCUT2D eigenvalue weighted by atomic mass is 9.80. The van der Waals surface area contributed by atoms with Gasteiger partial charge in [0.2, 0.25) is 5.91 Å². The molecule has 2 aromatic heterocycles. The lowest BCUT2D eigenvalue weighted by Gasteiger charge is -2.37. The van der Waals surface area contributed by atoms with Crippen molar-refractivity contribution in [3.05, 3.63) is 47.6 Å². The first-order valence-corrected chi connectivity index (χ1v) is 9.93. The summed E-state index contributed by atoms with van der Waals surface area (Å²) in [4.78, 5) is 31.9. The Kier molecular flexibility index (Phi) is 4.15. The number of rotatable bonds is 5. The molecule has 3 aromatic rings. The van der Waals surface area contributed by atoms with Crippen molar-refractivity contribution < 1.29 is 14.0 Å². The van der Waals surface area contributed by atoms with E-state index < -0.39 is 0 Å². The second-order valence-corrected chi connectivity index (χ2v) is 8.02. The highest BCUT2D eigenvalue weighted by Crippen LogP contribution is 2.41. The Morgan fingerprint density at radius 2 is 2.21 bits per heavy atom. The first-order valence-electron chi connectivity index (χ1n) is 9.93. The van der Waals surface area contributed by atoms with Gasteiger partial charge >= 0.3 is 0 Å². The summed E-state index contributed by atoms with van der Waals surface area (Å²) in [7, 11) is 1.87. The molecule has 2 bridgehead atoms. The van der Waals surface area contributed by atoms with Gasteiger partial charge < -0.3 is 14.6 Å². The largest absolute Gasteiger partial charge is 0.441 e. The van der Waals surface area contributed by atoms with E-state index in [1.165, 1.54) is 0 Å². The zero-order chi connectivity index (χ0) is 20.1. The molecule has 1 aromatic carbocycles. The zero-order valence-corrected chi connectivity index (χ0v) is 16.5. The summed E-state index contributed by atoms with van der Waals surface area (Å²) in [5.41, 5.74) is 2.77. The lowest BCUT2D eigenvalue weighted by Crippen LogP contribution is -2.55. The van der Waals surface area contributed by atoms with Crippen molar-refractivity contribution in [2.75, 3.05) is 6.54 Å². The van der Waals surface area contributed by atoms with Gasteiger partial charge in [0, 0.05) is 39.1 Å². The fourth-order valence-corrected chi connectivity index (χ4v) is 4.59. The van der Waals surface area contributed by atoms with Crippen LogP contribution < -0.4 is 5.32 Å². The van der Waals surface area contributed by atoms with Crippen LogP contribution >= 0.6 is 0 Å². The van der Waals surface area contributed by atoms with Crippen LogP contribution in [-0.4, -0.2) is 50.1 Å². The number of nitrogens with one attached hydrogen (secondary N) is 1. The molecule has 2 saturated heterocycles.